The van der Waals surface area contributed by atoms with Crippen molar-refractivity contribution in [1.29, 1.82) is 0 Å². The number of nitrogens with zero attached hydrogens (tertiary/aromatic N) is 10. The summed E-state index contributed by atoms with van der Waals surface area (Å²) in [6.45, 7) is 14.1. The van der Waals surface area contributed by atoms with E-state index in [9.17, 15) is 24.9 Å². The second-order valence-electron chi connectivity index (χ2n) is 23.9. The van der Waals surface area contributed by atoms with Crippen molar-refractivity contribution in [2.75, 3.05) is 72.8 Å². The van der Waals surface area contributed by atoms with Gasteiger partial charge in [-0.05, 0) is 106 Å². The number of pyridine rings is 1. The number of aliphatic hydroxyl groups is 1. The van der Waals surface area contributed by atoms with E-state index in [1.165, 1.54) is 16.2 Å². The summed E-state index contributed by atoms with van der Waals surface area (Å²) in [6.07, 6.45) is 9.65. The van der Waals surface area contributed by atoms with Crippen molar-refractivity contribution < 1.29 is 38.9 Å². The summed E-state index contributed by atoms with van der Waals surface area (Å²) in [7, 11) is 0. The molecule has 82 heavy (non-hydrogen) atoms. The van der Waals surface area contributed by atoms with Gasteiger partial charge in [-0.1, -0.05) is 37.2 Å². The second-order valence-corrected chi connectivity index (χ2v) is 24.8. The van der Waals surface area contributed by atoms with Crippen molar-refractivity contribution in [2.45, 2.75) is 140 Å². The minimum Gasteiger partial charge on any atom is -0.507 e. The maximum Gasteiger partial charge on any atom is 0.243 e. The lowest BCUT2D eigenvalue weighted by atomic mass is 9.91. The molecule has 2 bridgehead atoms. The number of hydrogen-bond acceptors (Lipinski definition) is 19. The number of piperazine rings is 1. The molecule has 6 N–H and O–H groups in total. The van der Waals surface area contributed by atoms with E-state index in [2.05, 4.69) is 62.4 Å². The molecule has 6 aliphatic rings. The summed E-state index contributed by atoms with van der Waals surface area (Å²) in [5.41, 5.74) is 13.6. The molecule has 1 aliphatic carbocycles. The van der Waals surface area contributed by atoms with Gasteiger partial charge in [-0.2, -0.15) is 0 Å². The zero-order valence-corrected chi connectivity index (χ0v) is 48.0. The third kappa shape index (κ3) is 11.7. The summed E-state index contributed by atoms with van der Waals surface area (Å²) in [5, 5.41) is 48.3. The average Bonchev–Trinajstić information content (AvgIpc) is 4.29. The van der Waals surface area contributed by atoms with Crippen LogP contribution in [0, 0.1) is 18.8 Å². The van der Waals surface area contributed by atoms with Crippen molar-refractivity contribution in [1.82, 2.24) is 40.4 Å². The van der Waals surface area contributed by atoms with E-state index in [0.717, 1.165) is 119 Å². The van der Waals surface area contributed by atoms with Crippen molar-refractivity contribution in [3.05, 3.63) is 95.5 Å². The Labute approximate surface area is 482 Å². The number of nitrogens with two attached hydrogens (primary N) is 1. The largest absolute Gasteiger partial charge is 0.507 e. The number of thiazole rings is 1. The van der Waals surface area contributed by atoms with Gasteiger partial charge in [0.15, 0.2) is 17.4 Å². The van der Waals surface area contributed by atoms with Crippen LogP contribution in [0.5, 0.6) is 17.4 Å². The molecule has 2 aromatic carbocycles. The Kier molecular flexibility index (Phi) is 16.0. The second kappa shape index (κ2) is 23.7. The Bertz CT molecular complexity index is 3210. The first kappa shape index (κ1) is 55.5. The summed E-state index contributed by atoms with van der Waals surface area (Å²) in [4.78, 5) is 49.3. The van der Waals surface area contributed by atoms with Crippen LogP contribution in [0.2, 0.25) is 0 Å². The average molecular weight is 1140 g/mol. The highest BCUT2D eigenvalue weighted by Gasteiger charge is 2.45. The maximum atomic E-state index is 14.4. The van der Waals surface area contributed by atoms with Gasteiger partial charge in [0.05, 0.1) is 51.8 Å². The number of carbonyl (C=O) groups excluding carboxylic acids is 2. The van der Waals surface area contributed by atoms with E-state index in [0.29, 0.717) is 63.7 Å². The molecule has 6 aromatic rings. The molecule has 9 heterocycles. The molecule has 12 rings (SSSR count). The number of para-hydroxylation sites is 1. The molecule has 5 saturated heterocycles. The molecule has 1 saturated carbocycles. The van der Waals surface area contributed by atoms with Crippen molar-refractivity contribution in [2.24, 2.45) is 11.8 Å². The number of nitrogen functional groups attached to an aromatic ring is 1. The van der Waals surface area contributed by atoms with Crippen LogP contribution in [0.4, 0.5) is 23.0 Å². The normalized spacial score (nSPS) is 24.2. The fourth-order valence-corrected chi connectivity index (χ4v) is 14.3. The van der Waals surface area contributed by atoms with Crippen molar-refractivity contribution >= 4 is 46.2 Å². The number of hydrogen-bond donors (Lipinski definition) is 5. The number of phenolic OH excluding ortho intramolecular Hbond substituents is 2. The summed E-state index contributed by atoms with van der Waals surface area (Å²) >= 11 is 1.45. The van der Waals surface area contributed by atoms with E-state index in [-0.39, 0.29) is 60.5 Å². The highest BCUT2D eigenvalue weighted by Crippen LogP contribution is 2.42. The van der Waals surface area contributed by atoms with Gasteiger partial charge < -0.3 is 64.9 Å². The number of rotatable bonds is 17. The van der Waals surface area contributed by atoms with E-state index >= 15 is 0 Å². The number of benzene rings is 2. The summed E-state index contributed by atoms with van der Waals surface area (Å²) in [6, 6.07) is 19.8. The number of ether oxygens (including phenoxy) is 2. The Balaban J connectivity index is 0.566. The Morgan fingerprint density at radius 3 is 2.30 bits per heavy atom. The first-order valence-electron chi connectivity index (χ1n) is 29.4. The van der Waals surface area contributed by atoms with Crippen LogP contribution < -0.4 is 30.5 Å². The molecule has 6 fully saturated rings. The number of nitrogens with one attached hydrogen (secondary N) is 1. The molecular weight excluding hydrogens is 1060 g/mol. The minimum absolute atomic E-state index is 0.0436. The summed E-state index contributed by atoms with van der Waals surface area (Å²) < 4.78 is 19.0. The molecule has 4 aromatic heterocycles. The number of likely N-dealkylation sites (tertiary alicyclic amines) is 2. The number of aliphatic hydroxyl groups excluding tert-OH is 1. The van der Waals surface area contributed by atoms with E-state index in [1.807, 2.05) is 70.3 Å². The Morgan fingerprint density at radius 1 is 0.817 bits per heavy atom. The number of carbonyl (C=O) groups is 2. The molecule has 5 aliphatic heterocycles. The quantitative estimate of drug-likeness (QED) is 0.0587. The molecule has 6 atom stereocenters. The van der Waals surface area contributed by atoms with Gasteiger partial charge in [-0.3, -0.25) is 9.59 Å². The highest BCUT2D eigenvalue weighted by atomic mass is 32.1. The van der Waals surface area contributed by atoms with Crippen LogP contribution in [0.25, 0.3) is 21.7 Å². The van der Waals surface area contributed by atoms with Crippen LogP contribution in [-0.4, -0.2) is 157 Å². The smallest absolute Gasteiger partial charge is 0.243 e. The van der Waals surface area contributed by atoms with Gasteiger partial charge in [0.1, 0.15) is 29.6 Å². The third-order valence-electron chi connectivity index (χ3n) is 18.0. The van der Waals surface area contributed by atoms with Crippen LogP contribution in [0.1, 0.15) is 108 Å². The first-order valence-corrected chi connectivity index (χ1v) is 30.3. The number of aromatic nitrogens is 5. The topological polar surface area (TPSA) is 245 Å². The van der Waals surface area contributed by atoms with E-state index in [4.69, 9.17) is 19.7 Å². The number of β-amino-alcohol motifs (C(OH)–C–C–N with tert-alkyl or cyclic N) is 1. The summed E-state index contributed by atoms with van der Waals surface area (Å²) in [5.74, 6) is 1.56. The fourth-order valence-electron chi connectivity index (χ4n) is 13.5. The fraction of sp³-hybridized carbons (Fsp3) is 0.525. The first-order chi connectivity index (χ1) is 39.7. The molecule has 0 spiro atoms. The van der Waals surface area contributed by atoms with Gasteiger partial charge in [0.2, 0.25) is 17.7 Å². The molecule has 0 radical (unpaired) electrons. The molecule has 2 unspecified atom stereocenters. The van der Waals surface area contributed by atoms with Crippen molar-refractivity contribution in [3.8, 4) is 39.1 Å². The molecule has 21 heteroatoms. The molecule has 2 amide bonds. The maximum absolute atomic E-state index is 14.4. The van der Waals surface area contributed by atoms with Crippen LogP contribution in [-0.2, 0) is 14.3 Å². The van der Waals surface area contributed by atoms with Gasteiger partial charge in [-0.25, -0.2) is 9.97 Å². The predicted octanol–water partition coefficient (Wildman–Crippen LogP) is 7.70. The number of phenols is 2. The lowest BCUT2D eigenvalue weighted by Crippen LogP contribution is -2.54. The lowest BCUT2D eigenvalue weighted by Gasteiger charge is -2.43. The van der Waals surface area contributed by atoms with Crippen LogP contribution in [0.3, 0.4) is 0 Å². The molecular formula is C61H76N12O8S. The van der Waals surface area contributed by atoms with Crippen molar-refractivity contribution in [3.63, 3.8) is 0 Å². The molecule has 434 valence electrons. The zero-order valence-electron chi connectivity index (χ0n) is 47.2. The van der Waals surface area contributed by atoms with Gasteiger partial charge in [-0.15, -0.1) is 21.5 Å². The number of aryl methyl sites for hydroxylation is 1. The lowest BCUT2D eigenvalue weighted by molar-refractivity contribution is -0.141. The number of piperidine rings is 2. The van der Waals surface area contributed by atoms with Gasteiger partial charge in [0.25, 0.3) is 0 Å². The Morgan fingerprint density at radius 2 is 1.59 bits per heavy atom. The van der Waals surface area contributed by atoms with Gasteiger partial charge >= 0.3 is 0 Å². The number of fused-ring (bicyclic) bond motifs is 2. The highest BCUT2D eigenvalue weighted by molar-refractivity contribution is 7.13. The van der Waals surface area contributed by atoms with E-state index in [1.54, 1.807) is 23.7 Å². The monoisotopic (exact) mass is 1140 g/mol. The van der Waals surface area contributed by atoms with E-state index < -0.39 is 24.1 Å². The number of anilines is 4. The van der Waals surface area contributed by atoms with Gasteiger partial charge in [0, 0.05) is 119 Å². The SMILES string of the molecule is Cc1ncsc1-c1ccc([C@H](C)NC(=O)[C@@H]2C[C@@H](O)CN2C(=O)[C@H](c2cc(N3CCC(CN4CCC(OC5CC(Oc6cc(N7C8CCC7CN(c7cc(-c9ccccc9O)nnc7N)C8)ccn6)C5)CC4)CC3)no2)C(C)C)cc1O. The number of aromatic hydroxyl groups is 2. The zero-order chi connectivity index (χ0) is 56.8. The predicted molar refractivity (Wildman–Crippen MR) is 313 cm³/mol. The standard InChI is InChI=1S/C61H76N12O8S/c1-35(2)57(61(78)72-33-43(74)25-51(72)60(77)65-36(3)39-9-12-48(53(76)23-39)58-37(4)64-34-82-58)54-29-55(68-81-54)70-21-14-38(15-22-70)30-69-19-16-44(17-20-69)79-45-26-46(27-45)80-56-24-40(13-18-63-56)73-41-10-11-42(73)32-71(31-41)50-28-49(66-67-59(50)62)47-7-5-6-8-52(47)75/h5-9,12-13,18,23-24,28-29,34-36,38,41-46,51,57,74-76H,10-11,14-17,19-22,25-27,30-33H2,1-4H3,(H2,62,67)(H,65,77)/t36-,41?,42?,43+,45?,46?,51-,57-/m0/s1. The minimum atomic E-state index is -0.867. The Hall–Kier alpha value is -7.07. The van der Waals surface area contributed by atoms with Crippen LogP contribution >= 0.6 is 11.3 Å². The van der Waals surface area contributed by atoms with Crippen LogP contribution in [0.15, 0.2) is 83.0 Å². The number of amides is 2. The third-order valence-corrected chi connectivity index (χ3v) is 19.0. The molecule has 20 nitrogen and oxygen atoms in total.